The molecular formula is C21H16N4. The van der Waals surface area contributed by atoms with Gasteiger partial charge in [0.25, 0.3) is 0 Å². The molecule has 25 heavy (non-hydrogen) atoms. The molecule has 0 aliphatic carbocycles. The van der Waals surface area contributed by atoms with Gasteiger partial charge in [0.2, 0.25) is 0 Å². The summed E-state index contributed by atoms with van der Waals surface area (Å²) >= 11 is 0. The summed E-state index contributed by atoms with van der Waals surface area (Å²) in [6.45, 7) is 0.693. The molecule has 0 unspecified atom stereocenters. The number of nitrogens with zero attached hydrogens (tertiary/aromatic N) is 4. The molecule has 0 bridgehead atoms. The third-order valence-corrected chi connectivity index (χ3v) is 4.21. The second kappa shape index (κ2) is 6.58. The Morgan fingerprint density at radius 2 is 1.92 bits per heavy atom. The van der Waals surface area contributed by atoms with Gasteiger partial charge in [0.1, 0.15) is 5.82 Å². The molecule has 0 saturated heterocycles. The van der Waals surface area contributed by atoms with Crippen LogP contribution in [0.2, 0.25) is 0 Å². The number of pyridine rings is 1. The number of aromatic nitrogens is 3. The number of hydrogen-bond donors (Lipinski definition) is 0. The number of para-hydroxylation sites is 1. The number of imidazole rings is 1. The average molecular weight is 324 g/mol. The first-order valence-electron chi connectivity index (χ1n) is 8.15. The maximum Gasteiger partial charge on any atom is 0.114 e. The summed E-state index contributed by atoms with van der Waals surface area (Å²) in [6, 6.07) is 22.1. The Bertz CT molecular complexity index is 1070. The van der Waals surface area contributed by atoms with E-state index < -0.39 is 0 Å². The summed E-state index contributed by atoms with van der Waals surface area (Å²) in [7, 11) is 0. The van der Waals surface area contributed by atoms with Gasteiger partial charge in [-0.2, -0.15) is 5.26 Å². The molecule has 0 spiro atoms. The molecule has 0 amide bonds. The lowest BCUT2D eigenvalue weighted by Crippen LogP contribution is -2.06. The van der Waals surface area contributed by atoms with Crippen molar-refractivity contribution in [1.82, 2.24) is 14.5 Å². The Balaban J connectivity index is 1.59. The molecule has 0 N–H and O–H groups in total. The van der Waals surface area contributed by atoms with Crippen LogP contribution in [0.25, 0.3) is 10.9 Å². The van der Waals surface area contributed by atoms with Gasteiger partial charge in [-0.25, -0.2) is 4.98 Å². The lowest BCUT2D eigenvalue weighted by Gasteiger charge is -2.09. The summed E-state index contributed by atoms with van der Waals surface area (Å²) in [5.41, 5.74) is 3.76. The van der Waals surface area contributed by atoms with Gasteiger partial charge in [0.05, 0.1) is 17.1 Å². The van der Waals surface area contributed by atoms with E-state index in [4.69, 9.17) is 10.2 Å². The molecule has 0 atom stereocenters. The van der Waals surface area contributed by atoms with E-state index in [2.05, 4.69) is 33.8 Å². The van der Waals surface area contributed by atoms with Crippen molar-refractivity contribution in [2.45, 2.75) is 13.0 Å². The van der Waals surface area contributed by atoms with Crippen molar-refractivity contribution in [3.8, 4) is 6.07 Å². The normalized spacial score (nSPS) is 10.7. The molecule has 0 radical (unpaired) electrons. The highest BCUT2D eigenvalue weighted by molar-refractivity contribution is 5.78. The van der Waals surface area contributed by atoms with E-state index in [1.165, 1.54) is 0 Å². The predicted molar refractivity (Wildman–Crippen MR) is 97.0 cm³/mol. The molecule has 0 fully saturated rings. The first kappa shape index (κ1) is 15.1. The van der Waals surface area contributed by atoms with E-state index in [0.29, 0.717) is 18.5 Å². The Kier molecular flexibility index (Phi) is 3.97. The number of hydrogen-bond acceptors (Lipinski definition) is 3. The monoisotopic (exact) mass is 324 g/mol. The highest BCUT2D eigenvalue weighted by Gasteiger charge is 2.07. The average Bonchev–Trinajstić information content (AvgIpc) is 3.08. The number of fused-ring (bicyclic) bond motifs is 1. The third kappa shape index (κ3) is 3.26. The van der Waals surface area contributed by atoms with E-state index >= 15 is 0 Å². The Labute approximate surface area is 146 Å². The largest absolute Gasteiger partial charge is 0.330 e. The van der Waals surface area contributed by atoms with Crippen LogP contribution in [0.15, 0.2) is 73.1 Å². The van der Waals surface area contributed by atoms with E-state index in [0.717, 1.165) is 28.0 Å². The zero-order valence-electron chi connectivity index (χ0n) is 13.6. The van der Waals surface area contributed by atoms with Crippen LogP contribution in [-0.2, 0) is 13.0 Å². The van der Waals surface area contributed by atoms with Crippen LogP contribution in [0.5, 0.6) is 0 Å². The maximum atomic E-state index is 9.05. The van der Waals surface area contributed by atoms with Crippen LogP contribution >= 0.6 is 0 Å². The molecule has 4 rings (SSSR count). The quantitative estimate of drug-likeness (QED) is 0.571. The Morgan fingerprint density at radius 3 is 2.84 bits per heavy atom. The Hall–Kier alpha value is -3.45. The van der Waals surface area contributed by atoms with Crippen LogP contribution in [0.4, 0.5) is 0 Å². The molecule has 0 saturated carbocycles. The minimum absolute atomic E-state index is 0.676. The minimum Gasteiger partial charge on any atom is -0.330 e. The molecule has 2 heterocycles. The number of rotatable bonds is 4. The lowest BCUT2D eigenvalue weighted by molar-refractivity contribution is 0.736. The van der Waals surface area contributed by atoms with Gasteiger partial charge in [-0.15, -0.1) is 0 Å². The molecule has 4 nitrogen and oxygen atoms in total. The van der Waals surface area contributed by atoms with Crippen molar-refractivity contribution in [1.29, 1.82) is 5.26 Å². The van der Waals surface area contributed by atoms with E-state index in [1.54, 1.807) is 0 Å². The molecule has 120 valence electrons. The van der Waals surface area contributed by atoms with Crippen LogP contribution in [-0.4, -0.2) is 14.5 Å². The fraction of sp³-hybridized carbons (Fsp3) is 0.0952. The second-order valence-electron chi connectivity index (χ2n) is 5.96. The van der Waals surface area contributed by atoms with Gasteiger partial charge in [0.15, 0.2) is 0 Å². The van der Waals surface area contributed by atoms with E-state index in [9.17, 15) is 0 Å². The summed E-state index contributed by atoms with van der Waals surface area (Å²) in [5, 5.41) is 10.2. The van der Waals surface area contributed by atoms with Gasteiger partial charge >= 0.3 is 0 Å². The van der Waals surface area contributed by atoms with Crippen molar-refractivity contribution in [2.75, 3.05) is 0 Å². The summed E-state index contributed by atoms with van der Waals surface area (Å²) in [6.07, 6.45) is 4.45. The number of benzene rings is 2. The lowest BCUT2D eigenvalue weighted by atomic mass is 10.1. The molecule has 2 aromatic heterocycles. The van der Waals surface area contributed by atoms with E-state index in [1.807, 2.05) is 54.9 Å². The van der Waals surface area contributed by atoms with Gasteiger partial charge in [-0.05, 0) is 29.8 Å². The zero-order chi connectivity index (χ0) is 17.1. The third-order valence-electron chi connectivity index (χ3n) is 4.21. The van der Waals surface area contributed by atoms with Crippen LogP contribution < -0.4 is 0 Å². The van der Waals surface area contributed by atoms with Crippen molar-refractivity contribution in [2.24, 2.45) is 0 Å². The van der Waals surface area contributed by atoms with Crippen molar-refractivity contribution < 1.29 is 0 Å². The topological polar surface area (TPSA) is 54.5 Å². The van der Waals surface area contributed by atoms with Gasteiger partial charge < -0.3 is 4.57 Å². The summed E-state index contributed by atoms with van der Waals surface area (Å²) < 4.78 is 2.10. The highest BCUT2D eigenvalue weighted by atomic mass is 15.1. The predicted octanol–water partition coefficient (Wildman–Crippen LogP) is 3.94. The SMILES string of the molecule is N#Cc1cccc(Cn2ccnc2Cc2ccc3ccccc3n2)c1. The highest BCUT2D eigenvalue weighted by Crippen LogP contribution is 2.15. The van der Waals surface area contributed by atoms with Crippen molar-refractivity contribution >= 4 is 10.9 Å². The zero-order valence-corrected chi connectivity index (χ0v) is 13.6. The summed E-state index contributed by atoms with van der Waals surface area (Å²) in [5.74, 6) is 0.963. The standard InChI is InChI=1S/C21H16N4/c22-14-16-4-3-5-17(12-16)15-25-11-10-23-21(25)13-19-9-8-18-6-1-2-7-20(18)24-19/h1-12H,13,15H2. The van der Waals surface area contributed by atoms with Gasteiger partial charge in [0, 0.05) is 36.4 Å². The molecular weight excluding hydrogens is 308 g/mol. The Morgan fingerprint density at radius 1 is 1.00 bits per heavy atom. The fourth-order valence-electron chi connectivity index (χ4n) is 2.96. The van der Waals surface area contributed by atoms with Gasteiger partial charge in [-0.1, -0.05) is 36.4 Å². The molecule has 2 aromatic carbocycles. The van der Waals surface area contributed by atoms with E-state index in [-0.39, 0.29) is 0 Å². The fourth-order valence-corrected chi connectivity index (χ4v) is 2.96. The van der Waals surface area contributed by atoms with Crippen LogP contribution in [0.3, 0.4) is 0 Å². The molecule has 0 aliphatic heterocycles. The van der Waals surface area contributed by atoms with Crippen molar-refractivity contribution in [3.05, 3.63) is 95.7 Å². The molecule has 4 aromatic rings. The van der Waals surface area contributed by atoms with Crippen LogP contribution in [0.1, 0.15) is 22.6 Å². The number of nitriles is 1. The second-order valence-corrected chi connectivity index (χ2v) is 5.96. The first-order chi connectivity index (χ1) is 12.3. The molecule has 4 heteroatoms. The smallest absolute Gasteiger partial charge is 0.114 e. The minimum atomic E-state index is 0.676. The molecule has 0 aliphatic rings. The maximum absolute atomic E-state index is 9.05. The van der Waals surface area contributed by atoms with Crippen LogP contribution in [0, 0.1) is 11.3 Å². The van der Waals surface area contributed by atoms with Crippen molar-refractivity contribution in [3.63, 3.8) is 0 Å². The van der Waals surface area contributed by atoms with Gasteiger partial charge in [-0.3, -0.25) is 4.98 Å². The first-order valence-corrected chi connectivity index (χ1v) is 8.15. The summed E-state index contributed by atoms with van der Waals surface area (Å²) in [4.78, 5) is 9.22.